The van der Waals surface area contributed by atoms with Crippen LogP contribution in [0.15, 0.2) is 18.2 Å². The van der Waals surface area contributed by atoms with Crippen molar-refractivity contribution in [3.63, 3.8) is 0 Å². The summed E-state index contributed by atoms with van der Waals surface area (Å²) in [6.45, 7) is 0.605. The van der Waals surface area contributed by atoms with Crippen LogP contribution < -0.4 is 10.5 Å². The number of methoxy groups -OCH3 is 1. The molecular formula is C14H19NO2S. The van der Waals surface area contributed by atoms with Crippen LogP contribution in [0, 0.1) is 11.8 Å². The van der Waals surface area contributed by atoms with Crippen LogP contribution in [-0.4, -0.2) is 31.1 Å². The van der Waals surface area contributed by atoms with Crippen molar-refractivity contribution in [2.75, 3.05) is 26.0 Å². The van der Waals surface area contributed by atoms with E-state index < -0.39 is 0 Å². The molecule has 0 aliphatic carbocycles. The van der Waals surface area contributed by atoms with Crippen molar-refractivity contribution in [1.29, 1.82) is 0 Å². The van der Waals surface area contributed by atoms with Gasteiger partial charge >= 0.3 is 0 Å². The van der Waals surface area contributed by atoms with Crippen molar-refractivity contribution >= 4 is 11.8 Å². The number of nitrogens with two attached hydrogens (primary N) is 1. The molecule has 0 aliphatic rings. The van der Waals surface area contributed by atoms with Gasteiger partial charge in [-0.15, -0.1) is 0 Å². The standard InChI is InChI=1S/C14H19NO2S/c1-17-14-6-5-12(4-2-7-15)13(10-14)11-18-9-3-8-16/h5-6,10,16H,3,7-9,11,15H2,1H3. The normalized spacial score (nSPS) is 9.72. The fourth-order valence-electron chi connectivity index (χ4n) is 1.43. The topological polar surface area (TPSA) is 55.5 Å². The fraction of sp³-hybridized carbons (Fsp3) is 0.429. The first-order chi connectivity index (χ1) is 8.81. The number of aliphatic hydroxyl groups is 1. The summed E-state index contributed by atoms with van der Waals surface area (Å²) in [5, 5.41) is 8.75. The van der Waals surface area contributed by atoms with E-state index in [2.05, 4.69) is 11.8 Å². The molecule has 0 unspecified atom stereocenters. The molecule has 3 N–H and O–H groups in total. The van der Waals surface area contributed by atoms with E-state index in [1.807, 2.05) is 18.2 Å². The molecule has 0 atom stereocenters. The van der Waals surface area contributed by atoms with Crippen LogP contribution in [0.5, 0.6) is 5.75 Å². The van der Waals surface area contributed by atoms with E-state index in [4.69, 9.17) is 15.6 Å². The van der Waals surface area contributed by atoms with Crippen LogP contribution >= 0.6 is 11.8 Å². The summed E-state index contributed by atoms with van der Waals surface area (Å²) < 4.78 is 5.22. The van der Waals surface area contributed by atoms with Gasteiger partial charge in [-0.1, -0.05) is 11.8 Å². The highest BCUT2D eigenvalue weighted by Gasteiger charge is 2.03. The molecule has 0 saturated heterocycles. The van der Waals surface area contributed by atoms with E-state index in [1.54, 1.807) is 18.9 Å². The lowest BCUT2D eigenvalue weighted by atomic mass is 10.1. The average Bonchev–Trinajstić information content (AvgIpc) is 2.42. The van der Waals surface area contributed by atoms with Gasteiger partial charge in [0, 0.05) is 17.9 Å². The van der Waals surface area contributed by atoms with Crippen LogP contribution in [0.3, 0.4) is 0 Å². The van der Waals surface area contributed by atoms with Gasteiger partial charge in [0.2, 0.25) is 0 Å². The summed E-state index contributed by atoms with van der Waals surface area (Å²) in [6.07, 6.45) is 0.818. The molecule has 1 aromatic carbocycles. The van der Waals surface area contributed by atoms with Gasteiger partial charge in [0.25, 0.3) is 0 Å². The predicted octanol–water partition coefficient (Wildman–Crippen LogP) is 1.62. The van der Waals surface area contributed by atoms with Gasteiger partial charge in [0.05, 0.1) is 13.7 Å². The van der Waals surface area contributed by atoms with E-state index >= 15 is 0 Å². The van der Waals surface area contributed by atoms with Gasteiger partial charge in [0.1, 0.15) is 5.75 Å². The highest BCUT2D eigenvalue weighted by Crippen LogP contribution is 2.22. The summed E-state index contributed by atoms with van der Waals surface area (Å²) in [5.41, 5.74) is 7.54. The van der Waals surface area contributed by atoms with E-state index in [1.165, 1.54) is 0 Å². The van der Waals surface area contributed by atoms with Crippen LogP contribution in [0.2, 0.25) is 0 Å². The lowest BCUT2D eigenvalue weighted by Gasteiger charge is -2.07. The minimum Gasteiger partial charge on any atom is -0.497 e. The lowest BCUT2D eigenvalue weighted by molar-refractivity contribution is 0.296. The molecule has 0 radical (unpaired) electrons. The molecular weight excluding hydrogens is 246 g/mol. The number of aliphatic hydroxyl groups excluding tert-OH is 1. The van der Waals surface area contributed by atoms with Gasteiger partial charge in [-0.3, -0.25) is 0 Å². The molecule has 0 amide bonds. The van der Waals surface area contributed by atoms with Gasteiger partial charge in [-0.05, 0) is 35.9 Å². The molecule has 0 heterocycles. The second-order valence-corrected chi connectivity index (χ2v) is 4.76. The number of hydrogen-bond acceptors (Lipinski definition) is 4. The molecule has 1 rings (SSSR count). The van der Waals surface area contributed by atoms with Crippen LogP contribution in [0.1, 0.15) is 17.5 Å². The van der Waals surface area contributed by atoms with Gasteiger partial charge in [-0.25, -0.2) is 0 Å². The van der Waals surface area contributed by atoms with Crippen LogP contribution in [0.25, 0.3) is 0 Å². The average molecular weight is 265 g/mol. The number of benzene rings is 1. The first kappa shape index (κ1) is 14.9. The zero-order chi connectivity index (χ0) is 13.2. The molecule has 0 fully saturated rings. The largest absolute Gasteiger partial charge is 0.497 e. The zero-order valence-corrected chi connectivity index (χ0v) is 11.4. The summed E-state index contributed by atoms with van der Waals surface area (Å²) in [6, 6.07) is 5.87. The Labute approximate surface area is 113 Å². The maximum atomic E-state index is 8.75. The third-order valence-electron chi connectivity index (χ3n) is 2.34. The van der Waals surface area contributed by atoms with Crippen molar-refractivity contribution < 1.29 is 9.84 Å². The second-order valence-electron chi connectivity index (χ2n) is 3.66. The summed E-state index contributed by atoms with van der Waals surface area (Å²) in [7, 11) is 1.66. The molecule has 0 spiro atoms. The Hall–Kier alpha value is -1.15. The summed E-state index contributed by atoms with van der Waals surface area (Å²) in [4.78, 5) is 0. The van der Waals surface area contributed by atoms with E-state index in [0.29, 0.717) is 6.54 Å². The fourth-order valence-corrected chi connectivity index (χ4v) is 2.37. The number of hydrogen-bond donors (Lipinski definition) is 2. The first-order valence-electron chi connectivity index (χ1n) is 5.86. The molecule has 4 heteroatoms. The maximum Gasteiger partial charge on any atom is 0.119 e. The molecule has 0 aromatic heterocycles. The third kappa shape index (κ3) is 5.01. The molecule has 18 heavy (non-hydrogen) atoms. The van der Waals surface area contributed by atoms with Crippen LogP contribution in [0.4, 0.5) is 0 Å². The molecule has 3 nitrogen and oxygen atoms in total. The quantitative estimate of drug-likeness (QED) is 0.606. The Bertz CT molecular complexity index is 424. The Kier molecular flexibility index (Phi) is 7.35. The highest BCUT2D eigenvalue weighted by atomic mass is 32.2. The van der Waals surface area contributed by atoms with E-state index in [-0.39, 0.29) is 6.61 Å². The maximum absolute atomic E-state index is 8.75. The number of ether oxygens (including phenoxy) is 1. The number of rotatable bonds is 6. The Morgan fingerprint density at radius 2 is 2.28 bits per heavy atom. The molecule has 1 aromatic rings. The van der Waals surface area contributed by atoms with Crippen molar-refractivity contribution in [3.8, 4) is 17.6 Å². The van der Waals surface area contributed by atoms with Crippen molar-refractivity contribution in [2.45, 2.75) is 12.2 Å². The van der Waals surface area contributed by atoms with Crippen molar-refractivity contribution in [1.82, 2.24) is 0 Å². The molecule has 0 saturated carbocycles. The van der Waals surface area contributed by atoms with E-state index in [9.17, 15) is 0 Å². The lowest BCUT2D eigenvalue weighted by Crippen LogP contribution is -1.95. The minimum atomic E-state index is 0.241. The van der Waals surface area contributed by atoms with Crippen LogP contribution in [-0.2, 0) is 5.75 Å². The van der Waals surface area contributed by atoms with Gasteiger partial charge in [-0.2, -0.15) is 11.8 Å². The zero-order valence-electron chi connectivity index (χ0n) is 10.6. The number of thioether (sulfide) groups is 1. The SMILES string of the molecule is COc1ccc(C#CCN)c(CSCCCO)c1. The first-order valence-corrected chi connectivity index (χ1v) is 7.01. The summed E-state index contributed by atoms with van der Waals surface area (Å²) in [5.74, 6) is 8.59. The monoisotopic (exact) mass is 265 g/mol. The van der Waals surface area contributed by atoms with Crippen molar-refractivity contribution in [3.05, 3.63) is 29.3 Å². The molecule has 0 bridgehead atoms. The minimum absolute atomic E-state index is 0.241. The predicted molar refractivity (Wildman–Crippen MR) is 76.8 cm³/mol. The Balaban J connectivity index is 2.76. The molecule has 0 aliphatic heterocycles. The Morgan fingerprint density at radius 1 is 1.44 bits per heavy atom. The molecule has 98 valence electrons. The van der Waals surface area contributed by atoms with Gasteiger partial charge < -0.3 is 15.6 Å². The third-order valence-corrected chi connectivity index (χ3v) is 3.43. The van der Waals surface area contributed by atoms with E-state index in [0.717, 1.165) is 34.8 Å². The van der Waals surface area contributed by atoms with Gasteiger partial charge in [0.15, 0.2) is 0 Å². The van der Waals surface area contributed by atoms with Crippen molar-refractivity contribution in [2.24, 2.45) is 5.73 Å². The summed E-state index contributed by atoms with van der Waals surface area (Å²) >= 11 is 1.78. The Morgan fingerprint density at radius 3 is 2.94 bits per heavy atom. The second kappa shape index (κ2) is 8.87. The highest BCUT2D eigenvalue weighted by molar-refractivity contribution is 7.98. The smallest absolute Gasteiger partial charge is 0.119 e.